The van der Waals surface area contributed by atoms with Gasteiger partial charge >= 0.3 is 6.03 Å². The minimum atomic E-state index is 0.129. The second-order valence-corrected chi connectivity index (χ2v) is 6.78. The van der Waals surface area contributed by atoms with Crippen LogP contribution in [0.1, 0.15) is 43.2 Å². The predicted octanol–water partition coefficient (Wildman–Crippen LogP) is 3.02. The van der Waals surface area contributed by atoms with Crippen LogP contribution in [0.15, 0.2) is 24.3 Å². The second-order valence-electron chi connectivity index (χ2n) is 6.78. The van der Waals surface area contributed by atoms with Crippen LogP contribution in [0.2, 0.25) is 0 Å². The number of likely N-dealkylation sites (tertiary alicyclic amines) is 1. The molecule has 2 amide bonds. The van der Waals surface area contributed by atoms with E-state index in [2.05, 4.69) is 34.5 Å². The Kier molecular flexibility index (Phi) is 5.92. The van der Waals surface area contributed by atoms with Gasteiger partial charge in [-0.1, -0.05) is 43.5 Å². The fourth-order valence-corrected chi connectivity index (χ4v) is 3.63. The van der Waals surface area contributed by atoms with Gasteiger partial charge in [-0.2, -0.15) is 0 Å². The number of benzene rings is 1. The molecule has 0 spiro atoms. The van der Waals surface area contributed by atoms with Gasteiger partial charge in [0.05, 0.1) is 0 Å². The maximum Gasteiger partial charge on any atom is 0.317 e. The van der Waals surface area contributed by atoms with Gasteiger partial charge in [0.1, 0.15) is 0 Å². The number of nitrogens with one attached hydrogen (secondary N) is 1. The summed E-state index contributed by atoms with van der Waals surface area (Å²) in [6.07, 6.45) is 7.27. The van der Waals surface area contributed by atoms with Crippen LogP contribution in [0.25, 0.3) is 0 Å². The van der Waals surface area contributed by atoms with Gasteiger partial charge in [-0.3, -0.25) is 4.90 Å². The third-order valence-electron chi connectivity index (χ3n) is 5.06. The van der Waals surface area contributed by atoms with Crippen LogP contribution >= 0.6 is 0 Å². The van der Waals surface area contributed by atoms with Gasteiger partial charge in [-0.25, -0.2) is 4.79 Å². The van der Waals surface area contributed by atoms with Crippen molar-refractivity contribution in [3.05, 3.63) is 35.4 Å². The minimum absolute atomic E-state index is 0.129. The Balaban J connectivity index is 1.40. The lowest BCUT2D eigenvalue weighted by atomic mass is 10.00. The molecule has 3 rings (SSSR count). The standard InChI is InChI=1S/C19H29N3O/c23-19(22-12-6-2-1-3-7-13-22)20-11-15-21-14-10-17-8-4-5-9-18(17)16-21/h4-5,8-9H,1-3,6-7,10-16H2,(H,20,23). The van der Waals surface area contributed by atoms with Crippen molar-refractivity contribution in [3.8, 4) is 0 Å². The fraction of sp³-hybridized carbons (Fsp3) is 0.632. The van der Waals surface area contributed by atoms with E-state index in [1.165, 1.54) is 30.4 Å². The first kappa shape index (κ1) is 16.3. The van der Waals surface area contributed by atoms with Gasteiger partial charge in [0.2, 0.25) is 0 Å². The van der Waals surface area contributed by atoms with Gasteiger partial charge in [-0.05, 0) is 30.4 Å². The number of nitrogens with zero attached hydrogens (tertiary/aromatic N) is 2. The number of hydrogen-bond acceptors (Lipinski definition) is 2. The molecule has 0 radical (unpaired) electrons. The normalized spacial score (nSPS) is 19.6. The van der Waals surface area contributed by atoms with Crippen molar-refractivity contribution < 1.29 is 4.79 Å². The van der Waals surface area contributed by atoms with E-state index in [1.807, 2.05) is 4.90 Å². The van der Waals surface area contributed by atoms with Crippen LogP contribution < -0.4 is 5.32 Å². The van der Waals surface area contributed by atoms with Crippen LogP contribution in [0, 0.1) is 0 Å². The predicted molar refractivity (Wildman–Crippen MR) is 93.5 cm³/mol. The molecule has 0 saturated carbocycles. The first-order chi connectivity index (χ1) is 11.3. The average molecular weight is 315 g/mol. The van der Waals surface area contributed by atoms with Gasteiger partial charge in [0, 0.05) is 39.3 Å². The van der Waals surface area contributed by atoms with Crippen LogP contribution in [-0.4, -0.2) is 48.6 Å². The lowest BCUT2D eigenvalue weighted by molar-refractivity contribution is 0.188. The zero-order chi connectivity index (χ0) is 15.9. The molecule has 0 aromatic heterocycles. The SMILES string of the molecule is O=C(NCCN1CCc2ccccc2C1)N1CCCCCCC1. The summed E-state index contributed by atoms with van der Waals surface area (Å²) >= 11 is 0. The van der Waals surface area contributed by atoms with Crippen molar-refractivity contribution in [2.24, 2.45) is 0 Å². The molecule has 0 unspecified atom stereocenters. The van der Waals surface area contributed by atoms with Gasteiger partial charge in [-0.15, -0.1) is 0 Å². The topological polar surface area (TPSA) is 35.6 Å². The Morgan fingerprint density at radius 1 is 0.957 bits per heavy atom. The number of amides is 2. The molecule has 2 aliphatic rings. The van der Waals surface area contributed by atoms with Crippen LogP contribution in [0.5, 0.6) is 0 Å². The van der Waals surface area contributed by atoms with E-state index in [4.69, 9.17) is 0 Å². The third kappa shape index (κ3) is 4.71. The van der Waals surface area contributed by atoms with E-state index in [9.17, 15) is 4.79 Å². The molecule has 1 aromatic carbocycles. The number of hydrogen-bond donors (Lipinski definition) is 1. The van der Waals surface area contributed by atoms with Crippen molar-refractivity contribution in [2.45, 2.75) is 45.1 Å². The van der Waals surface area contributed by atoms with E-state index in [-0.39, 0.29) is 6.03 Å². The largest absolute Gasteiger partial charge is 0.337 e. The van der Waals surface area contributed by atoms with Crippen LogP contribution in [0.4, 0.5) is 4.79 Å². The van der Waals surface area contributed by atoms with Gasteiger partial charge < -0.3 is 10.2 Å². The molecule has 0 atom stereocenters. The Labute approximate surface area is 139 Å². The van der Waals surface area contributed by atoms with Gasteiger partial charge in [0.25, 0.3) is 0 Å². The van der Waals surface area contributed by atoms with Crippen molar-refractivity contribution in [2.75, 3.05) is 32.7 Å². The summed E-state index contributed by atoms with van der Waals surface area (Å²) in [5.74, 6) is 0. The molecule has 126 valence electrons. The maximum atomic E-state index is 12.3. The van der Waals surface area contributed by atoms with E-state index < -0.39 is 0 Å². The van der Waals surface area contributed by atoms with Gasteiger partial charge in [0.15, 0.2) is 0 Å². The molecule has 1 aromatic rings. The van der Waals surface area contributed by atoms with E-state index in [0.29, 0.717) is 0 Å². The summed E-state index contributed by atoms with van der Waals surface area (Å²) in [5.41, 5.74) is 2.92. The van der Waals surface area contributed by atoms with Crippen LogP contribution in [-0.2, 0) is 13.0 Å². The highest BCUT2D eigenvalue weighted by molar-refractivity contribution is 5.74. The summed E-state index contributed by atoms with van der Waals surface area (Å²) in [5, 5.41) is 3.12. The zero-order valence-electron chi connectivity index (χ0n) is 14.1. The van der Waals surface area contributed by atoms with Crippen molar-refractivity contribution in [3.63, 3.8) is 0 Å². The highest BCUT2D eigenvalue weighted by atomic mass is 16.2. The first-order valence-electron chi connectivity index (χ1n) is 9.15. The molecule has 1 saturated heterocycles. The number of fused-ring (bicyclic) bond motifs is 1. The molecule has 0 bridgehead atoms. The third-order valence-corrected chi connectivity index (χ3v) is 5.06. The van der Waals surface area contributed by atoms with Crippen molar-refractivity contribution >= 4 is 6.03 Å². The van der Waals surface area contributed by atoms with E-state index in [1.54, 1.807) is 0 Å². The number of urea groups is 1. The van der Waals surface area contributed by atoms with E-state index in [0.717, 1.165) is 58.5 Å². The smallest absolute Gasteiger partial charge is 0.317 e. The Bertz CT molecular complexity index is 509. The maximum absolute atomic E-state index is 12.3. The summed E-state index contributed by atoms with van der Waals surface area (Å²) in [6.45, 7) is 5.63. The molecule has 1 fully saturated rings. The summed E-state index contributed by atoms with van der Waals surface area (Å²) < 4.78 is 0. The molecule has 0 aliphatic carbocycles. The minimum Gasteiger partial charge on any atom is -0.337 e. The van der Waals surface area contributed by atoms with E-state index >= 15 is 0 Å². The van der Waals surface area contributed by atoms with Crippen molar-refractivity contribution in [1.82, 2.24) is 15.1 Å². The second kappa shape index (κ2) is 8.34. The fourth-order valence-electron chi connectivity index (χ4n) is 3.63. The Hall–Kier alpha value is -1.55. The highest BCUT2D eigenvalue weighted by Crippen LogP contribution is 2.17. The van der Waals surface area contributed by atoms with Crippen LogP contribution in [0.3, 0.4) is 0 Å². The molecule has 1 N–H and O–H groups in total. The quantitative estimate of drug-likeness (QED) is 0.930. The number of carbonyl (C=O) groups excluding carboxylic acids is 1. The molecule has 4 nitrogen and oxygen atoms in total. The number of carbonyl (C=O) groups is 1. The Morgan fingerprint density at radius 3 is 2.43 bits per heavy atom. The summed E-state index contributed by atoms with van der Waals surface area (Å²) in [4.78, 5) is 16.7. The van der Waals surface area contributed by atoms with Crippen molar-refractivity contribution in [1.29, 1.82) is 0 Å². The lowest BCUT2D eigenvalue weighted by Gasteiger charge is -2.29. The Morgan fingerprint density at radius 2 is 1.65 bits per heavy atom. The molecule has 2 aliphatic heterocycles. The highest BCUT2D eigenvalue weighted by Gasteiger charge is 2.17. The molecule has 2 heterocycles. The average Bonchev–Trinajstić information content (AvgIpc) is 2.54. The zero-order valence-corrected chi connectivity index (χ0v) is 14.1. The molecular weight excluding hydrogens is 286 g/mol. The monoisotopic (exact) mass is 315 g/mol. The molecule has 23 heavy (non-hydrogen) atoms. The first-order valence-corrected chi connectivity index (χ1v) is 9.15. The lowest BCUT2D eigenvalue weighted by Crippen LogP contribution is -2.44. The number of rotatable bonds is 3. The molecule has 4 heteroatoms. The molecular formula is C19H29N3O. The summed E-state index contributed by atoms with van der Waals surface area (Å²) in [7, 11) is 0. The summed E-state index contributed by atoms with van der Waals surface area (Å²) in [6, 6.07) is 8.82.